The average Bonchev–Trinajstić information content (AvgIpc) is 2.50. The molecule has 1 unspecified atom stereocenters. The minimum atomic E-state index is 0.190. The van der Waals surface area contributed by atoms with Crippen molar-refractivity contribution in [3.8, 4) is 11.8 Å². The Kier molecular flexibility index (Phi) is 7.95. The van der Waals surface area contributed by atoms with Crippen LogP contribution in [0.5, 0.6) is 11.8 Å². The molecule has 1 rings (SSSR count). The van der Waals surface area contributed by atoms with Crippen molar-refractivity contribution in [1.29, 1.82) is 0 Å². The van der Waals surface area contributed by atoms with Gasteiger partial charge in [-0.05, 0) is 19.4 Å². The van der Waals surface area contributed by atoms with E-state index in [2.05, 4.69) is 29.1 Å². The Morgan fingerprint density at radius 1 is 1.15 bits per heavy atom. The summed E-state index contributed by atoms with van der Waals surface area (Å²) >= 11 is 0. The maximum Gasteiger partial charge on any atom is 0.240 e. The molecular weight excluding hydrogens is 254 g/mol. The van der Waals surface area contributed by atoms with Gasteiger partial charge in [-0.2, -0.15) is 4.98 Å². The van der Waals surface area contributed by atoms with Crippen LogP contribution in [0.4, 0.5) is 0 Å². The van der Waals surface area contributed by atoms with E-state index < -0.39 is 0 Å². The second-order valence-electron chi connectivity index (χ2n) is 4.81. The summed E-state index contributed by atoms with van der Waals surface area (Å²) in [4.78, 5) is 8.80. The molecule has 1 aromatic rings. The average molecular weight is 281 g/mol. The zero-order chi connectivity index (χ0) is 14.8. The fraction of sp³-hybridized carbons (Fsp3) is 0.733. The third-order valence-corrected chi connectivity index (χ3v) is 3.21. The molecule has 0 aliphatic heterocycles. The first-order valence-corrected chi connectivity index (χ1v) is 7.45. The molecule has 20 heavy (non-hydrogen) atoms. The summed E-state index contributed by atoms with van der Waals surface area (Å²) in [5, 5.41) is 3.53. The number of unbranched alkanes of at least 4 members (excludes halogenated alkanes) is 2. The first-order chi connectivity index (χ1) is 9.76. The van der Waals surface area contributed by atoms with Crippen LogP contribution in [0.15, 0.2) is 6.20 Å². The summed E-state index contributed by atoms with van der Waals surface area (Å²) in [7, 11) is 3.20. The van der Waals surface area contributed by atoms with E-state index in [0.29, 0.717) is 11.8 Å². The Hall–Kier alpha value is -1.36. The Bertz CT molecular complexity index is 385. The highest BCUT2D eigenvalue weighted by molar-refractivity contribution is 5.25. The lowest BCUT2D eigenvalue weighted by molar-refractivity contribution is 0.345. The van der Waals surface area contributed by atoms with Crippen molar-refractivity contribution in [3.05, 3.63) is 11.9 Å². The van der Waals surface area contributed by atoms with Crippen LogP contribution in [0, 0.1) is 0 Å². The lowest BCUT2D eigenvalue weighted by Gasteiger charge is -2.19. The monoisotopic (exact) mass is 281 g/mol. The summed E-state index contributed by atoms with van der Waals surface area (Å²) in [5.41, 5.74) is 0.873. The summed E-state index contributed by atoms with van der Waals surface area (Å²) < 4.78 is 10.5. The fourth-order valence-electron chi connectivity index (χ4n) is 2.11. The van der Waals surface area contributed by atoms with E-state index in [1.165, 1.54) is 19.3 Å². The molecule has 1 aromatic heterocycles. The fourth-order valence-corrected chi connectivity index (χ4v) is 2.11. The van der Waals surface area contributed by atoms with Gasteiger partial charge in [0.05, 0.1) is 26.5 Å². The van der Waals surface area contributed by atoms with Gasteiger partial charge in [0.1, 0.15) is 5.69 Å². The number of methoxy groups -OCH3 is 2. The van der Waals surface area contributed by atoms with Crippen LogP contribution in [0.2, 0.25) is 0 Å². The van der Waals surface area contributed by atoms with Gasteiger partial charge in [-0.25, -0.2) is 4.98 Å². The molecule has 0 saturated heterocycles. The molecule has 114 valence electrons. The van der Waals surface area contributed by atoms with E-state index in [1.54, 1.807) is 20.4 Å². The second kappa shape index (κ2) is 9.53. The standard InChI is InChI=1S/C15H27N3O2/c1-5-7-8-9-12(16-10-6-2)14-15(20-4)18-13(19-3)11-17-14/h11-12,16H,5-10H2,1-4H3. The van der Waals surface area contributed by atoms with Crippen LogP contribution in [-0.4, -0.2) is 30.7 Å². The van der Waals surface area contributed by atoms with Gasteiger partial charge >= 0.3 is 0 Å². The summed E-state index contributed by atoms with van der Waals surface area (Å²) in [5.74, 6) is 1.03. The van der Waals surface area contributed by atoms with E-state index in [4.69, 9.17) is 9.47 Å². The Balaban J connectivity index is 2.86. The van der Waals surface area contributed by atoms with Gasteiger partial charge in [-0.15, -0.1) is 0 Å². The number of ether oxygens (including phenoxy) is 2. The van der Waals surface area contributed by atoms with Crippen molar-refractivity contribution >= 4 is 0 Å². The largest absolute Gasteiger partial charge is 0.480 e. The Morgan fingerprint density at radius 3 is 2.55 bits per heavy atom. The molecule has 1 atom stereocenters. The molecule has 5 heteroatoms. The Morgan fingerprint density at radius 2 is 1.95 bits per heavy atom. The molecule has 1 N–H and O–H groups in total. The number of nitrogens with zero attached hydrogens (tertiary/aromatic N) is 2. The molecule has 5 nitrogen and oxygen atoms in total. The minimum Gasteiger partial charge on any atom is -0.480 e. The second-order valence-corrected chi connectivity index (χ2v) is 4.81. The van der Waals surface area contributed by atoms with Crippen LogP contribution in [0.25, 0.3) is 0 Å². The highest BCUT2D eigenvalue weighted by Gasteiger charge is 2.19. The van der Waals surface area contributed by atoms with Gasteiger partial charge in [-0.3, -0.25) is 0 Å². The molecule has 0 fully saturated rings. The molecule has 0 bridgehead atoms. The number of nitrogens with one attached hydrogen (secondary N) is 1. The molecule has 0 aliphatic rings. The first kappa shape index (κ1) is 16.7. The smallest absolute Gasteiger partial charge is 0.240 e. The van der Waals surface area contributed by atoms with Crippen molar-refractivity contribution < 1.29 is 9.47 Å². The quantitative estimate of drug-likeness (QED) is 0.668. The molecule has 0 amide bonds. The van der Waals surface area contributed by atoms with Gasteiger partial charge in [0.15, 0.2) is 0 Å². The van der Waals surface area contributed by atoms with Crippen LogP contribution in [0.3, 0.4) is 0 Å². The predicted molar refractivity (Wildman–Crippen MR) is 80.3 cm³/mol. The van der Waals surface area contributed by atoms with Crippen LogP contribution < -0.4 is 14.8 Å². The van der Waals surface area contributed by atoms with Gasteiger partial charge in [0, 0.05) is 0 Å². The molecule has 0 spiro atoms. The van der Waals surface area contributed by atoms with Crippen molar-refractivity contribution in [2.75, 3.05) is 20.8 Å². The lowest BCUT2D eigenvalue weighted by atomic mass is 10.1. The Labute approximate surface area is 122 Å². The van der Waals surface area contributed by atoms with Crippen molar-refractivity contribution in [3.63, 3.8) is 0 Å². The van der Waals surface area contributed by atoms with Crippen LogP contribution in [-0.2, 0) is 0 Å². The van der Waals surface area contributed by atoms with Crippen molar-refractivity contribution in [2.45, 2.75) is 52.0 Å². The van der Waals surface area contributed by atoms with Crippen LogP contribution >= 0.6 is 0 Å². The minimum absolute atomic E-state index is 0.190. The van der Waals surface area contributed by atoms with Gasteiger partial charge < -0.3 is 14.8 Å². The van der Waals surface area contributed by atoms with E-state index >= 15 is 0 Å². The maximum atomic E-state index is 5.36. The summed E-state index contributed by atoms with van der Waals surface area (Å²) in [6.07, 6.45) is 7.41. The van der Waals surface area contributed by atoms with Crippen LogP contribution in [0.1, 0.15) is 57.7 Å². The summed E-state index contributed by atoms with van der Waals surface area (Å²) in [6, 6.07) is 0.190. The molecule has 0 saturated carbocycles. The van der Waals surface area contributed by atoms with Gasteiger partial charge in [0.2, 0.25) is 11.8 Å². The predicted octanol–water partition coefficient (Wildman–Crippen LogP) is 3.11. The SMILES string of the molecule is CCCCCC(NCCC)c1ncc(OC)nc1OC. The normalized spacial score (nSPS) is 12.2. The van der Waals surface area contributed by atoms with E-state index in [9.17, 15) is 0 Å². The van der Waals surface area contributed by atoms with E-state index in [0.717, 1.165) is 25.1 Å². The van der Waals surface area contributed by atoms with Gasteiger partial charge in [-0.1, -0.05) is 33.1 Å². The third kappa shape index (κ3) is 4.96. The molecular formula is C15H27N3O2. The molecule has 0 aliphatic carbocycles. The molecule has 1 heterocycles. The van der Waals surface area contributed by atoms with Crippen molar-refractivity contribution in [1.82, 2.24) is 15.3 Å². The zero-order valence-electron chi connectivity index (χ0n) is 13.1. The molecule has 0 aromatic carbocycles. The zero-order valence-corrected chi connectivity index (χ0v) is 13.1. The number of hydrogen-bond donors (Lipinski definition) is 1. The summed E-state index contributed by atoms with van der Waals surface area (Å²) in [6.45, 7) is 5.34. The van der Waals surface area contributed by atoms with E-state index in [-0.39, 0.29) is 6.04 Å². The number of hydrogen-bond acceptors (Lipinski definition) is 5. The van der Waals surface area contributed by atoms with E-state index in [1.807, 2.05) is 0 Å². The maximum absolute atomic E-state index is 5.36. The van der Waals surface area contributed by atoms with Gasteiger partial charge in [0.25, 0.3) is 0 Å². The highest BCUT2D eigenvalue weighted by atomic mass is 16.5. The highest BCUT2D eigenvalue weighted by Crippen LogP contribution is 2.26. The third-order valence-electron chi connectivity index (χ3n) is 3.21. The first-order valence-electron chi connectivity index (χ1n) is 7.45. The lowest BCUT2D eigenvalue weighted by Crippen LogP contribution is -2.24. The topological polar surface area (TPSA) is 56.3 Å². The van der Waals surface area contributed by atoms with Crippen molar-refractivity contribution in [2.24, 2.45) is 0 Å². The number of rotatable bonds is 10. The number of aromatic nitrogens is 2. The molecule has 0 radical (unpaired) electrons.